The number of para-hydroxylation sites is 1. The number of carbonyl (C=O) groups is 1. The van der Waals surface area contributed by atoms with Crippen molar-refractivity contribution >= 4 is 22.9 Å². The van der Waals surface area contributed by atoms with Crippen molar-refractivity contribution in [3.8, 4) is 6.07 Å². The first kappa shape index (κ1) is 17.6. The van der Waals surface area contributed by atoms with E-state index in [4.69, 9.17) is 9.68 Å². The van der Waals surface area contributed by atoms with E-state index in [0.717, 1.165) is 28.0 Å². The van der Waals surface area contributed by atoms with Crippen LogP contribution in [0.5, 0.6) is 0 Å². The van der Waals surface area contributed by atoms with E-state index in [0.29, 0.717) is 13.0 Å². The van der Waals surface area contributed by atoms with Crippen LogP contribution in [0, 0.1) is 18.3 Å². The highest BCUT2D eigenvalue weighted by Gasteiger charge is 2.11. The molecule has 2 aromatic heterocycles. The SMILES string of the molecule is Cc1ccc(C(C)NC(=O)/C=C/c2cn(CCC#N)c3ccccc23)o1. The van der Waals surface area contributed by atoms with E-state index in [1.165, 1.54) is 6.08 Å². The Kier molecular flexibility index (Phi) is 5.23. The van der Waals surface area contributed by atoms with Gasteiger partial charge in [-0.2, -0.15) is 5.26 Å². The molecule has 0 aliphatic rings. The molecular weight excluding hydrogens is 326 g/mol. The molecule has 0 bridgehead atoms. The van der Waals surface area contributed by atoms with Gasteiger partial charge in [0, 0.05) is 35.3 Å². The summed E-state index contributed by atoms with van der Waals surface area (Å²) in [6.45, 7) is 4.39. The highest BCUT2D eigenvalue weighted by Crippen LogP contribution is 2.23. The Bertz CT molecular complexity index is 988. The fourth-order valence-corrected chi connectivity index (χ4v) is 2.95. The number of hydrogen-bond donors (Lipinski definition) is 1. The number of amides is 1. The molecule has 0 fully saturated rings. The van der Waals surface area contributed by atoms with Gasteiger partial charge in [0.25, 0.3) is 0 Å². The van der Waals surface area contributed by atoms with Gasteiger partial charge in [0.05, 0.1) is 18.5 Å². The molecule has 3 rings (SSSR count). The molecule has 0 spiro atoms. The van der Waals surface area contributed by atoms with Gasteiger partial charge in [0.1, 0.15) is 11.5 Å². The Balaban J connectivity index is 1.75. The lowest BCUT2D eigenvalue weighted by molar-refractivity contribution is -0.117. The lowest BCUT2D eigenvalue weighted by Crippen LogP contribution is -2.24. The molecular formula is C21H21N3O2. The summed E-state index contributed by atoms with van der Waals surface area (Å²) in [7, 11) is 0. The number of aryl methyl sites for hydroxylation is 2. The standard InChI is InChI=1S/C21H21N3O2/c1-15-8-10-20(26-15)16(2)23-21(25)11-9-17-14-24(13-5-12-22)19-7-4-3-6-18(17)19/h3-4,6-11,14,16H,5,13H2,1-2H3,(H,23,25)/b11-9+. The number of nitrogens with zero attached hydrogens (tertiary/aromatic N) is 2. The average molecular weight is 347 g/mol. The summed E-state index contributed by atoms with van der Waals surface area (Å²) in [4.78, 5) is 12.2. The predicted molar refractivity (Wildman–Crippen MR) is 101 cm³/mol. The van der Waals surface area contributed by atoms with Crippen molar-refractivity contribution in [2.45, 2.75) is 32.9 Å². The number of benzene rings is 1. The van der Waals surface area contributed by atoms with Crippen molar-refractivity contribution in [2.24, 2.45) is 0 Å². The topological polar surface area (TPSA) is 71.0 Å². The molecule has 1 amide bonds. The monoisotopic (exact) mass is 347 g/mol. The third-order valence-corrected chi connectivity index (χ3v) is 4.24. The van der Waals surface area contributed by atoms with E-state index in [9.17, 15) is 4.79 Å². The van der Waals surface area contributed by atoms with Gasteiger partial charge in [-0.25, -0.2) is 0 Å². The molecule has 0 aliphatic heterocycles. The van der Waals surface area contributed by atoms with Crippen LogP contribution < -0.4 is 5.32 Å². The molecule has 0 saturated heterocycles. The van der Waals surface area contributed by atoms with E-state index in [2.05, 4.69) is 11.4 Å². The minimum atomic E-state index is -0.196. The van der Waals surface area contributed by atoms with Gasteiger partial charge in [-0.05, 0) is 38.1 Å². The average Bonchev–Trinajstić information content (AvgIpc) is 3.22. The van der Waals surface area contributed by atoms with Crippen LogP contribution in [0.15, 0.2) is 53.1 Å². The summed E-state index contributed by atoms with van der Waals surface area (Å²) in [5.74, 6) is 1.37. The zero-order valence-electron chi connectivity index (χ0n) is 14.9. The second-order valence-electron chi connectivity index (χ2n) is 6.22. The third kappa shape index (κ3) is 3.86. The number of aromatic nitrogens is 1. The molecule has 1 aromatic carbocycles. The van der Waals surface area contributed by atoms with Crippen molar-refractivity contribution in [3.05, 3.63) is 65.8 Å². The molecule has 26 heavy (non-hydrogen) atoms. The summed E-state index contributed by atoms with van der Waals surface area (Å²) in [5.41, 5.74) is 2.01. The van der Waals surface area contributed by atoms with E-state index >= 15 is 0 Å². The van der Waals surface area contributed by atoms with Crippen LogP contribution >= 0.6 is 0 Å². The third-order valence-electron chi connectivity index (χ3n) is 4.24. The molecule has 5 heteroatoms. The van der Waals surface area contributed by atoms with Crippen molar-refractivity contribution in [3.63, 3.8) is 0 Å². The normalized spacial score (nSPS) is 12.3. The Hall–Kier alpha value is -3.26. The number of nitrogens with one attached hydrogen (secondary N) is 1. The Morgan fingerprint density at radius 3 is 2.88 bits per heavy atom. The molecule has 3 aromatic rings. The fourth-order valence-electron chi connectivity index (χ4n) is 2.95. The highest BCUT2D eigenvalue weighted by molar-refractivity contribution is 5.96. The maximum Gasteiger partial charge on any atom is 0.244 e. The Morgan fingerprint density at radius 2 is 2.15 bits per heavy atom. The van der Waals surface area contributed by atoms with Crippen LogP contribution in [0.2, 0.25) is 0 Å². The summed E-state index contributed by atoms with van der Waals surface area (Å²) < 4.78 is 7.58. The van der Waals surface area contributed by atoms with Gasteiger partial charge in [-0.3, -0.25) is 4.79 Å². The quantitative estimate of drug-likeness (QED) is 0.674. The first-order valence-corrected chi connectivity index (χ1v) is 8.58. The molecule has 2 heterocycles. The lowest BCUT2D eigenvalue weighted by Gasteiger charge is -2.09. The van der Waals surface area contributed by atoms with Gasteiger partial charge >= 0.3 is 0 Å². The van der Waals surface area contributed by atoms with Crippen molar-refractivity contribution < 1.29 is 9.21 Å². The molecule has 1 N–H and O–H groups in total. The summed E-state index contributed by atoms with van der Waals surface area (Å²) in [6, 6.07) is 13.7. The summed E-state index contributed by atoms with van der Waals surface area (Å²) in [6.07, 6.45) is 5.76. The van der Waals surface area contributed by atoms with Crippen LogP contribution in [0.25, 0.3) is 17.0 Å². The number of carbonyl (C=O) groups excluding carboxylic acids is 1. The van der Waals surface area contributed by atoms with Crippen LogP contribution in [0.4, 0.5) is 0 Å². The van der Waals surface area contributed by atoms with Gasteiger partial charge < -0.3 is 14.3 Å². The maximum atomic E-state index is 12.2. The van der Waals surface area contributed by atoms with Gasteiger partial charge in [0.2, 0.25) is 5.91 Å². The van der Waals surface area contributed by atoms with Crippen molar-refractivity contribution in [2.75, 3.05) is 0 Å². The molecule has 5 nitrogen and oxygen atoms in total. The van der Waals surface area contributed by atoms with E-state index < -0.39 is 0 Å². The van der Waals surface area contributed by atoms with Crippen molar-refractivity contribution in [1.29, 1.82) is 5.26 Å². The molecule has 1 unspecified atom stereocenters. The minimum Gasteiger partial charge on any atom is -0.464 e. The van der Waals surface area contributed by atoms with Crippen LogP contribution in [0.1, 0.15) is 36.5 Å². The molecule has 0 radical (unpaired) electrons. The van der Waals surface area contributed by atoms with Crippen LogP contribution in [-0.4, -0.2) is 10.5 Å². The van der Waals surface area contributed by atoms with Gasteiger partial charge in [-0.1, -0.05) is 18.2 Å². The Morgan fingerprint density at radius 1 is 1.35 bits per heavy atom. The first-order valence-electron chi connectivity index (χ1n) is 8.58. The zero-order chi connectivity index (χ0) is 18.5. The summed E-state index contributed by atoms with van der Waals surface area (Å²) >= 11 is 0. The first-order chi connectivity index (χ1) is 12.6. The van der Waals surface area contributed by atoms with E-state index in [-0.39, 0.29) is 11.9 Å². The number of rotatable bonds is 6. The molecule has 132 valence electrons. The largest absolute Gasteiger partial charge is 0.464 e. The van der Waals surface area contributed by atoms with Crippen LogP contribution in [-0.2, 0) is 11.3 Å². The van der Waals surface area contributed by atoms with E-state index in [1.54, 1.807) is 6.08 Å². The van der Waals surface area contributed by atoms with Gasteiger partial charge in [-0.15, -0.1) is 0 Å². The summed E-state index contributed by atoms with van der Waals surface area (Å²) in [5, 5.41) is 12.8. The molecule has 1 atom stereocenters. The van der Waals surface area contributed by atoms with Crippen LogP contribution in [0.3, 0.4) is 0 Å². The van der Waals surface area contributed by atoms with E-state index in [1.807, 2.05) is 61.0 Å². The number of hydrogen-bond acceptors (Lipinski definition) is 3. The number of furan rings is 1. The molecule has 0 aliphatic carbocycles. The highest BCUT2D eigenvalue weighted by atomic mass is 16.3. The number of fused-ring (bicyclic) bond motifs is 1. The smallest absolute Gasteiger partial charge is 0.244 e. The molecule has 0 saturated carbocycles. The second-order valence-corrected chi connectivity index (χ2v) is 6.22. The zero-order valence-corrected chi connectivity index (χ0v) is 14.9. The Labute approximate surface area is 152 Å². The predicted octanol–water partition coefficient (Wildman–Crippen LogP) is 4.35. The van der Waals surface area contributed by atoms with Crippen molar-refractivity contribution in [1.82, 2.24) is 9.88 Å². The second kappa shape index (κ2) is 7.75. The lowest BCUT2D eigenvalue weighted by atomic mass is 10.1. The van der Waals surface area contributed by atoms with Gasteiger partial charge in [0.15, 0.2) is 0 Å². The number of nitriles is 1. The maximum absolute atomic E-state index is 12.2. The minimum absolute atomic E-state index is 0.180. The fraction of sp³-hybridized carbons (Fsp3) is 0.238.